The Labute approximate surface area is 156 Å². The fourth-order valence-electron chi connectivity index (χ4n) is 2.66. The normalized spacial score (nSPS) is 11.0. The fourth-order valence-corrected chi connectivity index (χ4v) is 3.55. The van der Waals surface area contributed by atoms with Gasteiger partial charge in [-0.2, -0.15) is 5.10 Å². The second kappa shape index (κ2) is 6.65. The standard InChI is InChI=1S/C17H13N5O4S/c1-2-26-10-4-6-13-14(8-10)27-17(18-13)19-16(23)15-11-7-9(22(24)25)3-5-12(11)20-21-15/h3-8H,2H2,1H3,(H,20,21)(H,18,19,23). The van der Waals surface area contributed by atoms with Gasteiger partial charge in [0.15, 0.2) is 10.8 Å². The minimum Gasteiger partial charge on any atom is -0.494 e. The SMILES string of the molecule is CCOc1ccc2nc(NC(=O)c3n[nH]c4ccc([N+](=O)[O-])cc34)sc2c1. The van der Waals surface area contributed by atoms with Gasteiger partial charge in [-0.25, -0.2) is 4.98 Å². The first kappa shape index (κ1) is 16.9. The van der Waals surface area contributed by atoms with Crippen molar-refractivity contribution in [2.45, 2.75) is 6.92 Å². The third-order valence-electron chi connectivity index (χ3n) is 3.86. The third kappa shape index (κ3) is 3.17. The van der Waals surface area contributed by atoms with Gasteiger partial charge in [0, 0.05) is 17.5 Å². The molecule has 0 aliphatic heterocycles. The van der Waals surface area contributed by atoms with Gasteiger partial charge in [0.1, 0.15) is 5.75 Å². The highest BCUT2D eigenvalue weighted by atomic mass is 32.1. The van der Waals surface area contributed by atoms with Gasteiger partial charge in [-0.05, 0) is 31.2 Å². The van der Waals surface area contributed by atoms with Crippen LogP contribution in [0.4, 0.5) is 10.8 Å². The molecule has 9 nitrogen and oxygen atoms in total. The van der Waals surface area contributed by atoms with E-state index in [4.69, 9.17) is 4.74 Å². The number of carbonyl (C=O) groups is 1. The van der Waals surface area contributed by atoms with Crippen molar-refractivity contribution in [3.8, 4) is 5.75 Å². The molecule has 0 bridgehead atoms. The first-order chi connectivity index (χ1) is 13.0. The van der Waals surface area contributed by atoms with Crippen molar-refractivity contribution in [3.05, 3.63) is 52.2 Å². The smallest absolute Gasteiger partial charge is 0.278 e. The Morgan fingerprint density at radius 1 is 1.33 bits per heavy atom. The molecule has 0 saturated carbocycles. The molecule has 10 heteroatoms. The fraction of sp³-hybridized carbons (Fsp3) is 0.118. The van der Waals surface area contributed by atoms with Gasteiger partial charge < -0.3 is 4.74 Å². The van der Waals surface area contributed by atoms with Gasteiger partial charge >= 0.3 is 0 Å². The monoisotopic (exact) mass is 383 g/mol. The minimum atomic E-state index is -0.516. The zero-order valence-corrected chi connectivity index (χ0v) is 14.9. The van der Waals surface area contributed by atoms with E-state index in [2.05, 4.69) is 20.5 Å². The van der Waals surface area contributed by atoms with Crippen molar-refractivity contribution in [1.29, 1.82) is 0 Å². The predicted octanol–water partition coefficient (Wildman–Crippen LogP) is 3.73. The van der Waals surface area contributed by atoms with Gasteiger partial charge in [0.25, 0.3) is 11.6 Å². The number of amides is 1. The van der Waals surface area contributed by atoms with Crippen LogP contribution in [0.25, 0.3) is 21.1 Å². The van der Waals surface area contributed by atoms with Crippen molar-refractivity contribution in [1.82, 2.24) is 15.2 Å². The van der Waals surface area contributed by atoms with Crippen LogP contribution in [0.3, 0.4) is 0 Å². The number of aromatic nitrogens is 3. The van der Waals surface area contributed by atoms with Crippen molar-refractivity contribution in [3.63, 3.8) is 0 Å². The Kier molecular flexibility index (Phi) is 4.16. The summed E-state index contributed by atoms with van der Waals surface area (Å²) >= 11 is 1.31. The molecule has 0 fully saturated rings. The summed E-state index contributed by atoms with van der Waals surface area (Å²) in [5.74, 6) is 0.239. The first-order valence-electron chi connectivity index (χ1n) is 8.02. The topological polar surface area (TPSA) is 123 Å². The number of aromatic amines is 1. The molecule has 0 aliphatic rings. The van der Waals surface area contributed by atoms with Crippen molar-refractivity contribution in [2.75, 3.05) is 11.9 Å². The van der Waals surface area contributed by atoms with Crippen molar-refractivity contribution in [2.24, 2.45) is 0 Å². The molecule has 0 aliphatic carbocycles. The average molecular weight is 383 g/mol. The maximum Gasteiger partial charge on any atom is 0.278 e. The van der Waals surface area contributed by atoms with E-state index in [-0.39, 0.29) is 11.4 Å². The lowest BCUT2D eigenvalue weighted by Crippen LogP contribution is -2.12. The van der Waals surface area contributed by atoms with Crippen LogP contribution in [-0.4, -0.2) is 32.6 Å². The molecule has 0 radical (unpaired) electrons. The molecule has 2 aromatic heterocycles. The quantitative estimate of drug-likeness (QED) is 0.400. The van der Waals surface area contributed by atoms with Gasteiger partial charge in [-0.15, -0.1) is 0 Å². The lowest BCUT2D eigenvalue weighted by atomic mass is 10.2. The summed E-state index contributed by atoms with van der Waals surface area (Å²) in [6.07, 6.45) is 0. The second-order valence-corrected chi connectivity index (χ2v) is 6.63. The number of rotatable bonds is 5. The number of anilines is 1. The van der Waals surface area contributed by atoms with Crippen LogP contribution in [0, 0.1) is 10.1 Å². The van der Waals surface area contributed by atoms with E-state index in [1.807, 2.05) is 25.1 Å². The number of benzene rings is 2. The van der Waals surface area contributed by atoms with Crippen LogP contribution in [0.1, 0.15) is 17.4 Å². The summed E-state index contributed by atoms with van der Waals surface area (Å²) in [6.45, 7) is 2.47. The Morgan fingerprint density at radius 3 is 2.96 bits per heavy atom. The van der Waals surface area contributed by atoms with Gasteiger partial charge in [0.2, 0.25) is 0 Å². The van der Waals surface area contributed by atoms with E-state index in [0.29, 0.717) is 22.6 Å². The third-order valence-corrected chi connectivity index (χ3v) is 4.80. The number of H-pyrrole nitrogens is 1. The largest absolute Gasteiger partial charge is 0.494 e. The van der Waals surface area contributed by atoms with Crippen LogP contribution in [0.5, 0.6) is 5.75 Å². The second-order valence-electron chi connectivity index (χ2n) is 5.59. The number of nitro groups is 1. The summed E-state index contributed by atoms with van der Waals surface area (Å²) in [5, 5.41) is 21.1. The molecule has 0 saturated heterocycles. The highest BCUT2D eigenvalue weighted by molar-refractivity contribution is 7.22. The molecular weight excluding hydrogens is 370 g/mol. The summed E-state index contributed by atoms with van der Waals surface area (Å²) in [5.41, 5.74) is 1.24. The van der Waals surface area contributed by atoms with Crippen LogP contribution in [0.15, 0.2) is 36.4 Å². The molecule has 2 aromatic carbocycles. The average Bonchev–Trinajstić information content (AvgIpc) is 3.24. The minimum absolute atomic E-state index is 0.0722. The maximum atomic E-state index is 12.6. The number of nitrogens with one attached hydrogen (secondary N) is 2. The molecule has 0 spiro atoms. The van der Waals surface area contributed by atoms with Crippen LogP contribution in [0.2, 0.25) is 0 Å². The number of nitro benzene ring substituents is 1. The van der Waals surface area contributed by atoms with E-state index in [1.165, 1.54) is 29.5 Å². The number of carbonyl (C=O) groups excluding carboxylic acids is 1. The molecule has 136 valence electrons. The van der Waals surface area contributed by atoms with Gasteiger partial charge in [0.05, 0.1) is 27.3 Å². The molecule has 27 heavy (non-hydrogen) atoms. The Balaban J connectivity index is 1.64. The molecule has 4 rings (SSSR count). The first-order valence-corrected chi connectivity index (χ1v) is 8.84. The van der Waals surface area contributed by atoms with Crippen molar-refractivity contribution < 1.29 is 14.5 Å². The molecule has 2 heterocycles. The number of nitrogens with zero attached hydrogens (tertiary/aromatic N) is 3. The zero-order valence-electron chi connectivity index (χ0n) is 14.1. The summed E-state index contributed by atoms with van der Waals surface area (Å²) in [6, 6.07) is 9.69. The van der Waals surface area contributed by atoms with Gasteiger partial charge in [-0.1, -0.05) is 11.3 Å². The van der Waals surface area contributed by atoms with E-state index < -0.39 is 10.8 Å². The van der Waals surface area contributed by atoms with E-state index >= 15 is 0 Å². The summed E-state index contributed by atoms with van der Waals surface area (Å²) in [7, 11) is 0. The molecule has 1 amide bonds. The number of fused-ring (bicyclic) bond motifs is 2. The van der Waals surface area contributed by atoms with Gasteiger partial charge in [-0.3, -0.25) is 25.3 Å². The van der Waals surface area contributed by atoms with Crippen LogP contribution >= 0.6 is 11.3 Å². The van der Waals surface area contributed by atoms with Crippen LogP contribution < -0.4 is 10.1 Å². The summed E-state index contributed by atoms with van der Waals surface area (Å²) < 4.78 is 6.34. The van der Waals surface area contributed by atoms with Crippen molar-refractivity contribution >= 4 is 49.2 Å². The highest BCUT2D eigenvalue weighted by Gasteiger charge is 2.18. The molecule has 2 N–H and O–H groups in total. The molecular formula is C17H13N5O4S. The zero-order chi connectivity index (χ0) is 19.0. The Hall–Kier alpha value is -3.53. The highest BCUT2D eigenvalue weighted by Crippen LogP contribution is 2.30. The lowest BCUT2D eigenvalue weighted by Gasteiger charge is -2.00. The number of hydrogen-bond donors (Lipinski definition) is 2. The lowest BCUT2D eigenvalue weighted by molar-refractivity contribution is -0.384. The van der Waals surface area contributed by atoms with E-state index in [1.54, 1.807) is 0 Å². The maximum absolute atomic E-state index is 12.6. The predicted molar refractivity (Wildman–Crippen MR) is 101 cm³/mol. The Morgan fingerprint density at radius 2 is 2.19 bits per heavy atom. The van der Waals surface area contributed by atoms with E-state index in [9.17, 15) is 14.9 Å². The Bertz CT molecular complexity index is 1180. The number of ether oxygens (including phenoxy) is 1. The van der Waals surface area contributed by atoms with Crippen LogP contribution in [-0.2, 0) is 0 Å². The molecule has 0 atom stereocenters. The molecule has 0 unspecified atom stereocenters. The van der Waals surface area contributed by atoms with E-state index in [0.717, 1.165) is 16.0 Å². The number of non-ortho nitro benzene ring substituents is 1. The summed E-state index contributed by atoms with van der Waals surface area (Å²) in [4.78, 5) is 27.4. The number of hydrogen-bond acceptors (Lipinski definition) is 7. The number of thiazole rings is 1. The molecule has 4 aromatic rings.